The zero-order valence-corrected chi connectivity index (χ0v) is 11.9. The van der Waals surface area contributed by atoms with Gasteiger partial charge in [-0.15, -0.1) is 0 Å². The molecule has 9 heteroatoms. The highest BCUT2D eigenvalue weighted by Gasteiger charge is 2.33. The molecule has 1 aromatic carbocycles. The number of hydrogen-bond donors (Lipinski definition) is 2. The standard InChI is InChI=1S/C11H5BrF3N3OS/c12-8-2-1-5(3-7(8)11(13,14)15)17-10-6(4-16)9(19)18-20-10/h1-3,17H,(H,18,19). The van der Waals surface area contributed by atoms with Crippen molar-refractivity contribution in [3.05, 3.63) is 44.2 Å². The van der Waals surface area contributed by atoms with Crippen molar-refractivity contribution in [2.75, 3.05) is 5.32 Å². The molecule has 0 saturated heterocycles. The van der Waals surface area contributed by atoms with Gasteiger partial charge in [0, 0.05) is 10.2 Å². The van der Waals surface area contributed by atoms with Gasteiger partial charge in [-0.05, 0) is 29.7 Å². The molecule has 0 amide bonds. The SMILES string of the molecule is N#Cc1c(Nc2ccc(Br)c(C(F)(F)F)c2)s[nH]c1=O. The number of nitrogens with one attached hydrogen (secondary N) is 2. The van der Waals surface area contributed by atoms with Crippen LogP contribution in [-0.4, -0.2) is 4.37 Å². The minimum absolute atomic E-state index is 0.0849. The molecule has 0 spiro atoms. The van der Waals surface area contributed by atoms with E-state index in [1.54, 1.807) is 6.07 Å². The quantitative estimate of drug-likeness (QED) is 0.851. The second-order valence-electron chi connectivity index (χ2n) is 3.67. The second-order valence-corrected chi connectivity index (χ2v) is 5.34. The maximum atomic E-state index is 12.8. The van der Waals surface area contributed by atoms with Crippen LogP contribution < -0.4 is 10.9 Å². The predicted octanol–water partition coefficient (Wildman–Crippen LogP) is 3.83. The summed E-state index contributed by atoms with van der Waals surface area (Å²) in [6.45, 7) is 0. The highest BCUT2D eigenvalue weighted by molar-refractivity contribution is 9.10. The van der Waals surface area contributed by atoms with Crippen molar-refractivity contribution in [3.8, 4) is 6.07 Å². The molecule has 2 aromatic rings. The number of halogens is 4. The number of nitrogens with zero attached hydrogens (tertiary/aromatic N) is 1. The molecular weight excluding hydrogens is 359 g/mol. The van der Waals surface area contributed by atoms with E-state index in [1.807, 2.05) is 0 Å². The van der Waals surface area contributed by atoms with Gasteiger partial charge in [0.05, 0.1) is 5.56 Å². The van der Waals surface area contributed by atoms with E-state index < -0.39 is 17.3 Å². The number of rotatable bonds is 2. The fraction of sp³-hybridized carbons (Fsp3) is 0.0909. The van der Waals surface area contributed by atoms with Gasteiger partial charge in [-0.1, -0.05) is 15.9 Å². The van der Waals surface area contributed by atoms with Crippen molar-refractivity contribution < 1.29 is 13.2 Å². The molecule has 2 rings (SSSR count). The van der Waals surface area contributed by atoms with E-state index in [-0.39, 0.29) is 20.7 Å². The number of benzene rings is 1. The van der Waals surface area contributed by atoms with E-state index in [9.17, 15) is 18.0 Å². The first-order chi connectivity index (χ1) is 9.32. The molecule has 0 bridgehead atoms. The molecule has 0 aliphatic rings. The van der Waals surface area contributed by atoms with Crippen molar-refractivity contribution in [3.63, 3.8) is 0 Å². The predicted molar refractivity (Wildman–Crippen MR) is 72.1 cm³/mol. The van der Waals surface area contributed by atoms with Crippen molar-refractivity contribution in [1.29, 1.82) is 5.26 Å². The first-order valence-corrected chi connectivity index (χ1v) is 6.69. The summed E-state index contributed by atoms with van der Waals surface area (Å²) in [7, 11) is 0. The number of aromatic amines is 1. The van der Waals surface area contributed by atoms with Crippen LogP contribution >= 0.6 is 27.5 Å². The second kappa shape index (κ2) is 5.30. The summed E-state index contributed by atoms with van der Waals surface area (Å²) in [6, 6.07) is 5.24. The van der Waals surface area contributed by atoms with Gasteiger partial charge in [0.1, 0.15) is 11.1 Å². The number of hydrogen-bond acceptors (Lipinski definition) is 4. The van der Waals surface area contributed by atoms with E-state index in [4.69, 9.17) is 5.26 Å². The molecule has 104 valence electrons. The topological polar surface area (TPSA) is 68.7 Å². The molecule has 0 unspecified atom stereocenters. The highest BCUT2D eigenvalue weighted by Crippen LogP contribution is 2.37. The Kier molecular flexibility index (Phi) is 3.87. The maximum Gasteiger partial charge on any atom is 0.417 e. The Morgan fingerprint density at radius 3 is 2.70 bits per heavy atom. The average molecular weight is 364 g/mol. The Hall–Kier alpha value is -1.79. The van der Waals surface area contributed by atoms with E-state index in [0.29, 0.717) is 0 Å². The maximum absolute atomic E-state index is 12.8. The fourth-order valence-electron chi connectivity index (χ4n) is 1.44. The molecule has 0 radical (unpaired) electrons. The van der Waals surface area contributed by atoms with E-state index in [2.05, 4.69) is 25.6 Å². The van der Waals surface area contributed by atoms with Crippen molar-refractivity contribution in [2.24, 2.45) is 0 Å². The molecule has 1 heterocycles. The lowest BCUT2D eigenvalue weighted by Gasteiger charge is -2.11. The smallest absolute Gasteiger partial charge is 0.345 e. The van der Waals surface area contributed by atoms with Gasteiger partial charge in [-0.3, -0.25) is 9.17 Å². The normalized spacial score (nSPS) is 11.2. The number of aromatic nitrogens is 1. The molecule has 0 saturated carbocycles. The van der Waals surface area contributed by atoms with Crippen molar-refractivity contribution >= 4 is 38.2 Å². The lowest BCUT2D eigenvalue weighted by atomic mass is 10.2. The Morgan fingerprint density at radius 1 is 1.40 bits per heavy atom. The number of H-pyrrole nitrogens is 1. The first-order valence-electron chi connectivity index (χ1n) is 5.08. The van der Waals surface area contributed by atoms with Crippen LogP contribution in [0.4, 0.5) is 23.9 Å². The van der Waals surface area contributed by atoms with Crippen LogP contribution in [0.1, 0.15) is 11.1 Å². The van der Waals surface area contributed by atoms with Crippen LogP contribution in [0, 0.1) is 11.3 Å². The van der Waals surface area contributed by atoms with Gasteiger partial charge in [0.25, 0.3) is 5.56 Å². The highest BCUT2D eigenvalue weighted by atomic mass is 79.9. The van der Waals surface area contributed by atoms with Gasteiger partial charge in [0.2, 0.25) is 0 Å². The number of nitriles is 1. The average Bonchev–Trinajstić information content (AvgIpc) is 2.71. The minimum atomic E-state index is -4.50. The molecular formula is C11H5BrF3N3OS. The molecule has 0 aliphatic heterocycles. The van der Waals surface area contributed by atoms with E-state index >= 15 is 0 Å². The zero-order valence-electron chi connectivity index (χ0n) is 9.51. The Labute approximate surface area is 123 Å². The summed E-state index contributed by atoms with van der Waals surface area (Å²) in [4.78, 5) is 11.2. The third-order valence-corrected chi connectivity index (χ3v) is 3.83. The van der Waals surface area contributed by atoms with Gasteiger partial charge in [-0.2, -0.15) is 18.4 Å². The number of anilines is 2. The molecule has 2 N–H and O–H groups in total. The lowest BCUT2D eigenvalue weighted by Crippen LogP contribution is -2.07. The fourth-order valence-corrected chi connectivity index (χ4v) is 2.62. The van der Waals surface area contributed by atoms with E-state index in [0.717, 1.165) is 17.6 Å². The van der Waals surface area contributed by atoms with Crippen molar-refractivity contribution in [2.45, 2.75) is 6.18 Å². The monoisotopic (exact) mass is 363 g/mol. The lowest BCUT2D eigenvalue weighted by molar-refractivity contribution is -0.138. The summed E-state index contributed by atoms with van der Waals surface area (Å²) < 4.78 is 40.5. The number of alkyl halides is 3. The van der Waals surface area contributed by atoms with Crippen LogP contribution in [-0.2, 0) is 6.18 Å². The largest absolute Gasteiger partial charge is 0.417 e. The molecule has 0 fully saturated rings. The Morgan fingerprint density at radius 2 is 2.10 bits per heavy atom. The van der Waals surface area contributed by atoms with Crippen LogP contribution in [0.3, 0.4) is 0 Å². The summed E-state index contributed by atoms with van der Waals surface area (Å²) in [5, 5.41) is 11.6. The molecule has 20 heavy (non-hydrogen) atoms. The zero-order chi connectivity index (χ0) is 14.9. The molecule has 0 atom stereocenters. The molecule has 0 aliphatic carbocycles. The summed E-state index contributed by atoms with van der Waals surface area (Å²) in [5.41, 5.74) is -1.45. The van der Waals surface area contributed by atoms with Gasteiger partial charge < -0.3 is 5.32 Å². The summed E-state index contributed by atoms with van der Waals surface area (Å²) in [6.07, 6.45) is -4.50. The van der Waals surface area contributed by atoms with Crippen LogP contribution in [0.5, 0.6) is 0 Å². The van der Waals surface area contributed by atoms with Gasteiger partial charge in [0.15, 0.2) is 5.56 Å². The van der Waals surface area contributed by atoms with Crippen molar-refractivity contribution in [1.82, 2.24) is 4.37 Å². The minimum Gasteiger partial charge on any atom is -0.345 e. The Bertz CT molecular complexity index is 745. The summed E-state index contributed by atoms with van der Waals surface area (Å²) >= 11 is 3.68. The summed E-state index contributed by atoms with van der Waals surface area (Å²) in [5.74, 6) is 0. The third kappa shape index (κ3) is 2.86. The van der Waals surface area contributed by atoms with Crippen LogP contribution in [0.2, 0.25) is 0 Å². The first kappa shape index (κ1) is 14.6. The molecule has 1 aromatic heterocycles. The third-order valence-electron chi connectivity index (χ3n) is 2.34. The van der Waals surface area contributed by atoms with Gasteiger partial charge in [-0.25, -0.2) is 0 Å². The van der Waals surface area contributed by atoms with Crippen LogP contribution in [0.15, 0.2) is 27.5 Å². The van der Waals surface area contributed by atoms with Crippen LogP contribution in [0.25, 0.3) is 0 Å². The molecule has 4 nitrogen and oxygen atoms in total. The van der Waals surface area contributed by atoms with Gasteiger partial charge >= 0.3 is 6.18 Å². The van der Waals surface area contributed by atoms with E-state index in [1.165, 1.54) is 12.1 Å². The Balaban J connectivity index is 2.41.